The van der Waals surface area contributed by atoms with Crippen LogP contribution in [0.25, 0.3) is 10.2 Å². The van der Waals surface area contributed by atoms with E-state index in [1.807, 2.05) is 23.6 Å². The molecule has 0 saturated carbocycles. The predicted octanol–water partition coefficient (Wildman–Crippen LogP) is 3.01. The fourth-order valence-electron chi connectivity index (χ4n) is 3.53. The first-order chi connectivity index (χ1) is 13.5. The lowest BCUT2D eigenvalue weighted by atomic mass is 10.1. The molecule has 0 N–H and O–H groups in total. The molecule has 0 atom stereocenters. The average molecular weight is 393 g/mol. The van der Waals surface area contributed by atoms with Crippen LogP contribution in [0, 0.1) is 0 Å². The molecule has 4 rings (SSSR count). The fraction of sp³-hybridized carbons (Fsp3) is 0.238. The smallest absolute Gasteiger partial charge is 0.268 e. The number of thiazole rings is 1. The molecule has 0 saturated heterocycles. The average Bonchev–Trinajstić information content (AvgIpc) is 3.18. The van der Waals surface area contributed by atoms with Gasteiger partial charge in [0, 0.05) is 6.54 Å². The van der Waals surface area contributed by atoms with Gasteiger partial charge in [0.1, 0.15) is 6.54 Å². The van der Waals surface area contributed by atoms with Gasteiger partial charge >= 0.3 is 0 Å². The fourth-order valence-corrected chi connectivity index (χ4v) is 4.69. The summed E-state index contributed by atoms with van der Waals surface area (Å²) in [5.74, 6) is -1.41. The Labute approximate surface area is 165 Å². The van der Waals surface area contributed by atoms with Gasteiger partial charge in [-0.15, -0.1) is 0 Å². The lowest BCUT2D eigenvalue weighted by Gasteiger charge is -2.10. The second-order valence-electron chi connectivity index (χ2n) is 6.49. The summed E-state index contributed by atoms with van der Waals surface area (Å²) < 4.78 is 3.08. The lowest BCUT2D eigenvalue weighted by molar-refractivity contribution is -0.118. The van der Waals surface area contributed by atoms with Crippen LogP contribution in [0.15, 0.2) is 47.5 Å². The third-order valence-electron chi connectivity index (χ3n) is 4.87. The highest BCUT2D eigenvalue weighted by atomic mass is 32.1. The lowest BCUT2D eigenvalue weighted by Crippen LogP contribution is -2.35. The molecular weight excluding hydrogens is 374 g/mol. The van der Waals surface area contributed by atoms with Gasteiger partial charge in [-0.3, -0.25) is 19.3 Å². The third kappa shape index (κ3) is 2.88. The van der Waals surface area contributed by atoms with Crippen LogP contribution in [0.3, 0.4) is 0 Å². The molecule has 2 heterocycles. The van der Waals surface area contributed by atoms with Crippen molar-refractivity contribution in [3.05, 3.63) is 64.0 Å². The van der Waals surface area contributed by atoms with Crippen LogP contribution in [0.2, 0.25) is 0 Å². The molecule has 0 bridgehead atoms. The minimum absolute atomic E-state index is 0.332. The summed E-state index contributed by atoms with van der Waals surface area (Å²) in [5, 5.41) is 0. The van der Waals surface area contributed by atoms with Crippen LogP contribution in [-0.2, 0) is 17.8 Å². The summed E-state index contributed by atoms with van der Waals surface area (Å²) in [6.45, 7) is 4.42. The molecule has 3 amide bonds. The second-order valence-corrected chi connectivity index (χ2v) is 7.50. The van der Waals surface area contributed by atoms with Crippen LogP contribution < -0.4 is 4.80 Å². The Balaban J connectivity index is 1.68. The van der Waals surface area contributed by atoms with Crippen molar-refractivity contribution < 1.29 is 14.4 Å². The van der Waals surface area contributed by atoms with E-state index in [1.165, 1.54) is 16.9 Å². The van der Waals surface area contributed by atoms with Crippen molar-refractivity contribution in [2.24, 2.45) is 4.99 Å². The van der Waals surface area contributed by atoms with Crippen LogP contribution in [0.5, 0.6) is 0 Å². The Morgan fingerprint density at radius 3 is 2.29 bits per heavy atom. The van der Waals surface area contributed by atoms with Gasteiger partial charge in [-0.25, -0.2) is 0 Å². The monoisotopic (exact) mass is 393 g/mol. The number of fused-ring (bicyclic) bond motifs is 2. The highest BCUT2D eigenvalue weighted by Gasteiger charge is 2.36. The van der Waals surface area contributed by atoms with E-state index in [-0.39, 0.29) is 6.54 Å². The van der Waals surface area contributed by atoms with Gasteiger partial charge < -0.3 is 4.57 Å². The summed E-state index contributed by atoms with van der Waals surface area (Å²) in [4.78, 5) is 43.3. The van der Waals surface area contributed by atoms with Gasteiger partial charge in [-0.1, -0.05) is 42.5 Å². The number of hydrogen-bond donors (Lipinski definition) is 0. The molecule has 1 aromatic heterocycles. The van der Waals surface area contributed by atoms with Gasteiger partial charge in [0.2, 0.25) is 0 Å². The van der Waals surface area contributed by atoms with Crippen molar-refractivity contribution in [3.63, 3.8) is 0 Å². The van der Waals surface area contributed by atoms with Crippen LogP contribution >= 0.6 is 11.3 Å². The summed E-state index contributed by atoms with van der Waals surface area (Å²) in [6.07, 6.45) is 0.885. The maximum Gasteiger partial charge on any atom is 0.268 e. The van der Waals surface area contributed by atoms with Crippen molar-refractivity contribution in [2.45, 2.75) is 26.8 Å². The van der Waals surface area contributed by atoms with E-state index in [9.17, 15) is 14.4 Å². The first kappa shape index (κ1) is 18.3. The largest absolute Gasteiger partial charge is 0.316 e. The Kier molecular flexibility index (Phi) is 4.68. The molecule has 0 spiro atoms. The maximum absolute atomic E-state index is 12.6. The number of para-hydroxylation sites is 1. The third-order valence-corrected chi connectivity index (χ3v) is 5.92. The molecule has 0 radical (unpaired) electrons. The van der Waals surface area contributed by atoms with E-state index >= 15 is 0 Å². The van der Waals surface area contributed by atoms with Crippen molar-refractivity contribution in [1.29, 1.82) is 0 Å². The predicted molar refractivity (Wildman–Crippen MR) is 107 cm³/mol. The van der Waals surface area contributed by atoms with Gasteiger partial charge in [0.15, 0.2) is 4.80 Å². The van der Waals surface area contributed by atoms with E-state index in [0.717, 1.165) is 21.5 Å². The molecule has 0 aliphatic carbocycles. The molecule has 6 nitrogen and oxygen atoms in total. The summed E-state index contributed by atoms with van der Waals surface area (Å²) >= 11 is 1.44. The van der Waals surface area contributed by atoms with Crippen LogP contribution in [0.4, 0.5) is 0 Å². The number of rotatable bonds is 4. The Morgan fingerprint density at radius 2 is 1.68 bits per heavy atom. The maximum atomic E-state index is 12.6. The molecule has 0 fully saturated rings. The minimum atomic E-state index is -0.513. The molecule has 1 aliphatic rings. The number of aryl methyl sites for hydroxylation is 2. The highest BCUT2D eigenvalue weighted by Crippen LogP contribution is 2.23. The number of carbonyl (C=O) groups is 3. The number of amides is 3. The SMILES string of the molecule is CCc1cccc2sc(=NC(=O)CN3C(=O)c4ccccc4C3=O)n(CC)c12. The molecule has 0 unspecified atom stereocenters. The molecule has 28 heavy (non-hydrogen) atoms. The van der Waals surface area contributed by atoms with E-state index in [0.29, 0.717) is 22.5 Å². The first-order valence-corrected chi connectivity index (χ1v) is 10.0. The zero-order chi connectivity index (χ0) is 19.8. The van der Waals surface area contributed by atoms with E-state index in [1.54, 1.807) is 24.3 Å². The van der Waals surface area contributed by atoms with Gasteiger partial charge in [-0.05, 0) is 37.1 Å². The number of aromatic nitrogens is 1. The van der Waals surface area contributed by atoms with Crippen molar-refractivity contribution in [2.75, 3.05) is 6.54 Å². The highest BCUT2D eigenvalue weighted by molar-refractivity contribution is 7.16. The van der Waals surface area contributed by atoms with Crippen molar-refractivity contribution in [3.8, 4) is 0 Å². The quantitative estimate of drug-likeness (QED) is 0.640. The standard InChI is InChI=1S/C21H19N3O3S/c1-3-13-8-7-11-16-18(13)23(4-2)21(28-16)22-17(25)12-24-19(26)14-9-5-6-10-15(14)20(24)27/h5-11H,3-4,12H2,1-2H3. The molecular formula is C21H19N3O3S. The van der Waals surface area contributed by atoms with Crippen molar-refractivity contribution in [1.82, 2.24) is 9.47 Å². The number of carbonyl (C=O) groups excluding carboxylic acids is 3. The minimum Gasteiger partial charge on any atom is -0.316 e. The second kappa shape index (κ2) is 7.16. The zero-order valence-electron chi connectivity index (χ0n) is 15.6. The van der Waals surface area contributed by atoms with Crippen LogP contribution in [-0.4, -0.2) is 33.7 Å². The molecule has 3 aromatic rings. The zero-order valence-corrected chi connectivity index (χ0v) is 16.5. The number of benzene rings is 2. The normalized spacial score (nSPS) is 14.2. The molecule has 1 aliphatic heterocycles. The van der Waals surface area contributed by atoms with Gasteiger partial charge in [0.25, 0.3) is 17.7 Å². The van der Waals surface area contributed by atoms with Crippen molar-refractivity contribution >= 4 is 39.3 Å². The van der Waals surface area contributed by atoms with E-state index in [2.05, 4.69) is 18.0 Å². The Morgan fingerprint density at radius 1 is 1.00 bits per heavy atom. The van der Waals surface area contributed by atoms with Crippen LogP contribution in [0.1, 0.15) is 40.1 Å². The summed E-state index contributed by atoms with van der Waals surface area (Å²) in [5.41, 5.74) is 2.95. The number of nitrogens with zero attached hydrogens (tertiary/aromatic N) is 3. The number of imide groups is 1. The Bertz CT molecular complexity index is 1150. The van der Waals surface area contributed by atoms with Gasteiger partial charge in [-0.2, -0.15) is 4.99 Å². The Hall–Kier alpha value is -3.06. The molecule has 2 aromatic carbocycles. The first-order valence-electron chi connectivity index (χ1n) is 9.19. The van der Waals surface area contributed by atoms with E-state index in [4.69, 9.17) is 0 Å². The topological polar surface area (TPSA) is 71.7 Å². The van der Waals surface area contributed by atoms with Gasteiger partial charge in [0.05, 0.1) is 21.3 Å². The summed E-state index contributed by atoms with van der Waals surface area (Å²) in [7, 11) is 0. The molecule has 7 heteroatoms. The molecule has 142 valence electrons. The number of hydrogen-bond acceptors (Lipinski definition) is 4. The summed E-state index contributed by atoms with van der Waals surface area (Å²) in [6, 6.07) is 12.7. The van der Waals surface area contributed by atoms with E-state index < -0.39 is 17.7 Å².